The van der Waals surface area contributed by atoms with Crippen LogP contribution in [-0.2, 0) is 20.1 Å². The van der Waals surface area contributed by atoms with E-state index in [9.17, 15) is 8.77 Å². The van der Waals surface area contributed by atoms with Crippen LogP contribution in [0.15, 0.2) is 29.2 Å². The monoisotopic (exact) mass is 330 g/mol. The van der Waals surface area contributed by atoms with Crippen molar-refractivity contribution in [2.24, 2.45) is 0 Å². The van der Waals surface area contributed by atoms with E-state index in [1.807, 2.05) is 12.1 Å². The van der Waals surface area contributed by atoms with Gasteiger partial charge in [-0.25, -0.2) is 4.21 Å². The summed E-state index contributed by atoms with van der Waals surface area (Å²) in [6, 6.07) is 7.17. The Balaban J connectivity index is 1.68. The van der Waals surface area contributed by atoms with Crippen molar-refractivity contribution in [1.82, 2.24) is 4.90 Å². The molecule has 0 saturated carbocycles. The summed E-state index contributed by atoms with van der Waals surface area (Å²) in [6.45, 7) is 5.34. The van der Waals surface area contributed by atoms with Crippen LogP contribution in [0.1, 0.15) is 6.42 Å². The highest BCUT2D eigenvalue weighted by Crippen LogP contribution is 2.16. The molecular formula is C14H21NO4PS+. The fraction of sp³-hybridized carbons (Fsp3) is 0.571. The Hall–Kier alpha value is -0.810. The molecule has 0 spiro atoms. The van der Waals surface area contributed by atoms with Crippen molar-refractivity contribution in [3.8, 4) is 5.75 Å². The summed E-state index contributed by atoms with van der Waals surface area (Å²) in [5.74, 6) is 0.780. The number of nitrogens with zero attached hydrogens (tertiary/aromatic N) is 1. The maximum Gasteiger partial charge on any atom is 0.338 e. The fourth-order valence-electron chi connectivity index (χ4n) is 2.13. The average Bonchev–Trinajstić information content (AvgIpc) is 2.53. The highest BCUT2D eigenvalue weighted by Gasteiger charge is 2.10. The lowest BCUT2D eigenvalue weighted by Gasteiger charge is -2.26. The first-order chi connectivity index (χ1) is 10.3. The zero-order chi connectivity index (χ0) is 14.9. The van der Waals surface area contributed by atoms with E-state index in [1.54, 1.807) is 12.1 Å². The first kappa shape index (κ1) is 16.6. The van der Waals surface area contributed by atoms with Crippen molar-refractivity contribution in [2.75, 3.05) is 44.9 Å². The van der Waals surface area contributed by atoms with E-state index in [-0.39, 0.29) is 5.49 Å². The lowest BCUT2D eigenvalue weighted by molar-refractivity contribution is 0.0358. The van der Waals surface area contributed by atoms with Crippen LogP contribution in [0.25, 0.3) is 0 Å². The first-order valence-corrected chi connectivity index (χ1v) is 9.49. The lowest BCUT2D eigenvalue weighted by atomic mass is 10.3. The molecular weight excluding hydrogens is 309 g/mol. The second-order valence-electron chi connectivity index (χ2n) is 4.76. The van der Waals surface area contributed by atoms with Gasteiger partial charge < -0.3 is 9.47 Å². The molecule has 1 fully saturated rings. The number of morpholine rings is 1. The Morgan fingerprint density at radius 2 is 1.95 bits per heavy atom. The third-order valence-corrected chi connectivity index (χ3v) is 5.59. The highest BCUT2D eigenvalue weighted by atomic mass is 32.2. The molecule has 1 aliphatic heterocycles. The largest absolute Gasteiger partial charge is 0.494 e. The maximum absolute atomic E-state index is 11.7. The predicted molar refractivity (Wildman–Crippen MR) is 84.1 cm³/mol. The normalized spacial score (nSPS) is 17.7. The smallest absolute Gasteiger partial charge is 0.338 e. The van der Waals surface area contributed by atoms with Gasteiger partial charge in [-0.15, -0.1) is 0 Å². The molecule has 0 amide bonds. The average molecular weight is 330 g/mol. The van der Waals surface area contributed by atoms with Gasteiger partial charge in [-0.1, -0.05) is 4.57 Å². The summed E-state index contributed by atoms with van der Waals surface area (Å²) in [4.78, 5) is 3.07. The molecule has 21 heavy (non-hydrogen) atoms. The molecule has 1 aromatic rings. The van der Waals surface area contributed by atoms with Crippen LogP contribution in [-0.4, -0.2) is 54.1 Å². The second kappa shape index (κ2) is 9.26. The first-order valence-electron chi connectivity index (χ1n) is 7.06. The van der Waals surface area contributed by atoms with Gasteiger partial charge >= 0.3 is 8.46 Å². The molecule has 1 heterocycles. The van der Waals surface area contributed by atoms with Crippen LogP contribution in [0.5, 0.6) is 5.75 Å². The fourth-order valence-corrected chi connectivity index (χ4v) is 3.66. The van der Waals surface area contributed by atoms with E-state index in [4.69, 9.17) is 9.47 Å². The Morgan fingerprint density at radius 3 is 2.62 bits per heavy atom. The minimum atomic E-state index is -1.18. The summed E-state index contributed by atoms with van der Waals surface area (Å²) in [6.07, 6.45) is 0.977. The van der Waals surface area contributed by atoms with Crippen molar-refractivity contribution in [3.05, 3.63) is 24.3 Å². The molecule has 7 heteroatoms. The van der Waals surface area contributed by atoms with Crippen molar-refractivity contribution >= 4 is 19.3 Å². The molecule has 1 aromatic carbocycles. The van der Waals surface area contributed by atoms with Gasteiger partial charge in [0.1, 0.15) is 16.5 Å². The van der Waals surface area contributed by atoms with E-state index < -0.39 is 19.3 Å². The zero-order valence-corrected chi connectivity index (χ0v) is 13.8. The number of hydrogen-bond acceptors (Lipinski definition) is 5. The quantitative estimate of drug-likeness (QED) is 0.538. The summed E-state index contributed by atoms with van der Waals surface area (Å²) in [7, 11) is -1.71. The van der Waals surface area contributed by atoms with E-state index in [2.05, 4.69) is 4.90 Å². The van der Waals surface area contributed by atoms with Gasteiger partial charge in [-0.05, 0) is 30.7 Å². The standard InChI is InChI=1S/C14H20NO4PS/c16-20-12-21(17)14-4-2-13(3-5-14)19-9-1-6-15-7-10-18-11-8-15/h2-5H,1,6-12H2/p+1. The van der Waals surface area contributed by atoms with Gasteiger partial charge in [0, 0.05) is 24.5 Å². The summed E-state index contributed by atoms with van der Waals surface area (Å²) >= 11 is 0. The Morgan fingerprint density at radius 1 is 1.24 bits per heavy atom. The van der Waals surface area contributed by atoms with Crippen molar-refractivity contribution in [1.29, 1.82) is 0 Å². The third-order valence-electron chi connectivity index (χ3n) is 3.27. The van der Waals surface area contributed by atoms with Crippen molar-refractivity contribution < 1.29 is 18.2 Å². The zero-order valence-electron chi connectivity index (χ0n) is 12.0. The van der Waals surface area contributed by atoms with Crippen molar-refractivity contribution in [3.63, 3.8) is 0 Å². The number of hydrogen-bond donors (Lipinski definition) is 0. The maximum atomic E-state index is 11.7. The lowest BCUT2D eigenvalue weighted by Crippen LogP contribution is -2.37. The van der Waals surface area contributed by atoms with E-state index in [0.29, 0.717) is 11.5 Å². The Kier molecular flexibility index (Phi) is 7.30. The minimum Gasteiger partial charge on any atom is -0.494 e. The number of rotatable bonds is 8. The number of benzene rings is 1. The molecule has 0 aliphatic carbocycles. The van der Waals surface area contributed by atoms with Crippen molar-refractivity contribution in [2.45, 2.75) is 11.3 Å². The topological polar surface area (TPSA) is 55.8 Å². The van der Waals surface area contributed by atoms with Gasteiger partial charge in [0.2, 0.25) is 5.49 Å². The van der Waals surface area contributed by atoms with Crippen LogP contribution < -0.4 is 4.74 Å². The van der Waals surface area contributed by atoms with E-state index >= 15 is 0 Å². The molecule has 1 saturated heterocycles. The third kappa shape index (κ3) is 5.83. The summed E-state index contributed by atoms with van der Waals surface area (Å²) in [5, 5.41) is 0. The molecule has 0 aromatic heterocycles. The van der Waals surface area contributed by atoms with E-state index in [1.165, 1.54) is 0 Å². The molecule has 2 rings (SSSR count). The molecule has 0 bridgehead atoms. The van der Waals surface area contributed by atoms with Crippen LogP contribution >= 0.6 is 8.46 Å². The second-order valence-corrected chi connectivity index (χ2v) is 7.37. The van der Waals surface area contributed by atoms with Crippen LogP contribution in [0.2, 0.25) is 0 Å². The summed E-state index contributed by atoms with van der Waals surface area (Å²) < 4.78 is 33.1. The van der Waals surface area contributed by atoms with Gasteiger partial charge in [0.15, 0.2) is 0 Å². The van der Waals surface area contributed by atoms with Gasteiger partial charge in [-0.2, -0.15) is 0 Å². The molecule has 0 N–H and O–H groups in total. The molecule has 2 unspecified atom stereocenters. The highest BCUT2D eigenvalue weighted by molar-refractivity contribution is 7.89. The molecule has 5 nitrogen and oxygen atoms in total. The molecule has 1 aliphatic rings. The Labute approximate surface area is 129 Å². The van der Waals surface area contributed by atoms with E-state index in [0.717, 1.165) is 45.0 Å². The Bertz CT molecular complexity index is 463. The minimum absolute atomic E-state index is 0.194. The van der Waals surface area contributed by atoms with Crippen LogP contribution in [0.3, 0.4) is 0 Å². The molecule has 2 atom stereocenters. The number of ether oxygens (including phenoxy) is 2. The van der Waals surface area contributed by atoms with Gasteiger partial charge in [-0.3, -0.25) is 4.90 Å². The van der Waals surface area contributed by atoms with Gasteiger partial charge in [0.25, 0.3) is 0 Å². The summed E-state index contributed by atoms with van der Waals surface area (Å²) in [5.41, 5.74) is 0.194. The predicted octanol–water partition coefficient (Wildman–Crippen LogP) is 1.88. The SMILES string of the molecule is O=[PH+]CS(=O)c1ccc(OCCCN2CCOCC2)cc1. The van der Waals surface area contributed by atoms with Crippen LogP contribution in [0, 0.1) is 0 Å². The van der Waals surface area contributed by atoms with Crippen LogP contribution in [0.4, 0.5) is 0 Å². The van der Waals surface area contributed by atoms with Gasteiger partial charge in [0.05, 0.1) is 19.8 Å². The molecule has 116 valence electrons. The molecule has 0 radical (unpaired) electrons.